The van der Waals surface area contributed by atoms with Crippen LogP contribution in [0.5, 0.6) is 11.5 Å². The molecule has 0 heterocycles. The van der Waals surface area contributed by atoms with E-state index in [1.54, 1.807) is 0 Å². The number of aryl methyl sites for hydroxylation is 3. The number of benzene rings is 2. The lowest BCUT2D eigenvalue weighted by Gasteiger charge is -2.13. The topological polar surface area (TPSA) is 44.5 Å². The van der Waals surface area contributed by atoms with Gasteiger partial charge >= 0.3 is 0 Å². The van der Waals surface area contributed by atoms with Crippen molar-refractivity contribution in [3.8, 4) is 11.5 Å². The molecule has 0 fully saturated rings. The first kappa shape index (κ1) is 14.3. The van der Waals surface area contributed by atoms with E-state index in [-0.39, 0.29) is 0 Å². The molecule has 0 saturated heterocycles. The Hall–Kier alpha value is -2.16. The third kappa shape index (κ3) is 3.44. The van der Waals surface area contributed by atoms with Crippen molar-refractivity contribution in [1.29, 1.82) is 0 Å². The quantitative estimate of drug-likeness (QED) is 0.667. The number of anilines is 1. The number of ether oxygens (including phenoxy) is 2. The summed E-state index contributed by atoms with van der Waals surface area (Å²) in [6.45, 7) is 7.10. The van der Waals surface area contributed by atoms with Crippen LogP contribution >= 0.6 is 0 Å². The Morgan fingerprint density at radius 3 is 2.15 bits per heavy atom. The molecule has 0 unspecified atom stereocenters. The maximum atomic E-state index is 5.79. The van der Waals surface area contributed by atoms with E-state index in [1.165, 1.54) is 0 Å². The van der Waals surface area contributed by atoms with E-state index in [0.717, 1.165) is 33.9 Å². The van der Waals surface area contributed by atoms with E-state index in [0.29, 0.717) is 13.2 Å². The highest BCUT2D eigenvalue weighted by Crippen LogP contribution is 2.22. The Kier molecular flexibility index (Phi) is 4.51. The predicted octanol–water partition coefficient (Wildman–Crippen LogP) is 3.65. The average molecular weight is 271 g/mol. The van der Waals surface area contributed by atoms with E-state index >= 15 is 0 Å². The van der Waals surface area contributed by atoms with Gasteiger partial charge in [0.05, 0.1) is 0 Å². The average Bonchev–Trinajstić information content (AvgIpc) is 2.41. The highest BCUT2D eigenvalue weighted by Gasteiger charge is 2.03. The molecule has 106 valence electrons. The van der Waals surface area contributed by atoms with Crippen molar-refractivity contribution in [2.24, 2.45) is 0 Å². The molecule has 2 aromatic rings. The van der Waals surface area contributed by atoms with Crippen molar-refractivity contribution >= 4 is 5.69 Å². The van der Waals surface area contributed by atoms with Crippen LogP contribution < -0.4 is 15.2 Å². The lowest BCUT2D eigenvalue weighted by atomic mass is 10.1. The molecule has 0 aliphatic heterocycles. The second-order valence-electron chi connectivity index (χ2n) is 4.94. The second-order valence-corrected chi connectivity index (χ2v) is 4.94. The van der Waals surface area contributed by atoms with Crippen molar-refractivity contribution in [1.82, 2.24) is 0 Å². The maximum absolute atomic E-state index is 5.79. The third-order valence-corrected chi connectivity index (χ3v) is 3.25. The lowest BCUT2D eigenvalue weighted by Crippen LogP contribution is -2.10. The van der Waals surface area contributed by atoms with Crippen LogP contribution in [0, 0.1) is 20.8 Å². The fourth-order valence-electron chi connectivity index (χ4n) is 2.07. The van der Waals surface area contributed by atoms with Crippen molar-refractivity contribution < 1.29 is 9.47 Å². The van der Waals surface area contributed by atoms with Gasteiger partial charge in [0.25, 0.3) is 0 Å². The molecule has 2 aromatic carbocycles. The Balaban J connectivity index is 1.86. The van der Waals surface area contributed by atoms with E-state index in [2.05, 4.69) is 0 Å². The van der Waals surface area contributed by atoms with Gasteiger partial charge in [0.15, 0.2) is 0 Å². The Bertz CT molecular complexity index is 573. The molecular formula is C17H21NO2. The van der Waals surface area contributed by atoms with Gasteiger partial charge in [-0.05, 0) is 55.7 Å². The van der Waals surface area contributed by atoms with Crippen molar-refractivity contribution in [2.75, 3.05) is 18.9 Å². The molecule has 0 aliphatic carbocycles. The van der Waals surface area contributed by atoms with E-state index in [4.69, 9.17) is 15.2 Å². The first-order valence-electron chi connectivity index (χ1n) is 6.76. The Morgan fingerprint density at radius 2 is 1.50 bits per heavy atom. The van der Waals surface area contributed by atoms with Gasteiger partial charge in [-0.25, -0.2) is 0 Å². The summed E-state index contributed by atoms with van der Waals surface area (Å²) in [7, 11) is 0. The molecule has 0 amide bonds. The smallest absolute Gasteiger partial charge is 0.125 e. The predicted molar refractivity (Wildman–Crippen MR) is 82.5 cm³/mol. The van der Waals surface area contributed by atoms with Gasteiger partial charge in [-0.1, -0.05) is 18.2 Å². The van der Waals surface area contributed by atoms with Crippen LogP contribution in [0.1, 0.15) is 16.7 Å². The SMILES string of the molecule is Cc1cc(OCCOc2c(C)cccc2C)ccc1N. The molecule has 0 saturated carbocycles. The zero-order valence-electron chi connectivity index (χ0n) is 12.3. The van der Waals surface area contributed by atoms with Gasteiger partial charge < -0.3 is 15.2 Å². The summed E-state index contributed by atoms with van der Waals surface area (Å²) in [6, 6.07) is 11.8. The standard InChI is InChI=1S/C17H21NO2/c1-12-5-4-6-13(2)17(12)20-10-9-19-15-7-8-16(18)14(3)11-15/h4-8,11H,9-10,18H2,1-3H3. The van der Waals surface area contributed by atoms with Crippen molar-refractivity contribution in [3.63, 3.8) is 0 Å². The summed E-state index contributed by atoms with van der Waals surface area (Å²) < 4.78 is 11.5. The first-order chi connectivity index (χ1) is 9.58. The van der Waals surface area contributed by atoms with E-state index in [9.17, 15) is 0 Å². The minimum Gasteiger partial charge on any atom is -0.490 e. The summed E-state index contributed by atoms with van der Waals surface area (Å²) in [5.41, 5.74) is 9.87. The highest BCUT2D eigenvalue weighted by atomic mass is 16.5. The molecule has 3 nitrogen and oxygen atoms in total. The number of hydrogen-bond acceptors (Lipinski definition) is 3. The van der Waals surface area contributed by atoms with Crippen LogP contribution in [0.4, 0.5) is 5.69 Å². The Morgan fingerprint density at radius 1 is 0.850 bits per heavy atom. The van der Waals surface area contributed by atoms with Gasteiger partial charge in [0.1, 0.15) is 24.7 Å². The molecular weight excluding hydrogens is 250 g/mol. The zero-order valence-corrected chi connectivity index (χ0v) is 12.3. The maximum Gasteiger partial charge on any atom is 0.125 e. The molecule has 0 radical (unpaired) electrons. The molecule has 0 atom stereocenters. The highest BCUT2D eigenvalue weighted by molar-refractivity contribution is 5.49. The van der Waals surface area contributed by atoms with Crippen LogP contribution in [0.15, 0.2) is 36.4 Å². The summed E-state index contributed by atoms with van der Waals surface area (Å²) in [6.07, 6.45) is 0. The van der Waals surface area contributed by atoms with Crippen molar-refractivity contribution in [3.05, 3.63) is 53.1 Å². The normalized spacial score (nSPS) is 10.3. The summed E-state index contributed by atoms with van der Waals surface area (Å²) >= 11 is 0. The third-order valence-electron chi connectivity index (χ3n) is 3.25. The largest absolute Gasteiger partial charge is 0.490 e. The fourth-order valence-corrected chi connectivity index (χ4v) is 2.07. The van der Waals surface area contributed by atoms with Gasteiger partial charge in [0.2, 0.25) is 0 Å². The molecule has 0 aromatic heterocycles. The molecule has 2 N–H and O–H groups in total. The molecule has 3 heteroatoms. The van der Waals surface area contributed by atoms with Gasteiger partial charge in [-0.15, -0.1) is 0 Å². The zero-order chi connectivity index (χ0) is 14.5. The number of rotatable bonds is 5. The van der Waals surface area contributed by atoms with Crippen LogP contribution in [0.3, 0.4) is 0 Å². The number of nitrogens with two attached hydrogens (primary N) is 1. The van der Waals surface area contributed by atoms with Crippen LogP contribution in [-0.2, 0) is 0 Å². The van der Waals surface area contributed by atoms with E-state index in [1.807, 2.05) is 57.2 Å². The summed E-state index contributed by atoms with van der Waals surface area (Å²) in [5.74, 6) is 1.77. The second kappa shape index (κ2) is 6.33. The lowest BCUT2D eigenvalue weighted by molar-refractivity contribution is 0.215. The van der Waals surface area contributed by atoms with Gasteiger partial charge in [-0.3, -0.25) is 0 Å². The number of para-hydroxylation sites is 1. The summed E-state index contributed by atoms with van der Waals surface area (Å²) in [5, 5.41) is 0. The van der Waals surface area contributed by atoms with Gasteiger partial charge in [-0.2, -0.15) is 0 Å². The molecule has 0 aliphatic rings. The minimum absolute atomic E-state index is 0.511. The molecule has 2 rings (SSSR count). The van der Waals surface area contributed by atoms with Crippen LogP contribution in [-0.4, -0.2) is 13.2 Å². The number of nitrogen functional groups attached to an aromatic ring is 1. The van der Waals surface area contributed by atoms with Crippen molar-refractivity contribution in [2.45, 2.75) is 20.8 Å². The monoisotopic (exact) mass is 271 g/mol. The Labute approximate surface area is 120 Å². The molecule has 0 bridgehead atoms. The van der Waals surface area contributed by atoms with Crippen LogP contribution in [0.2, 0.25) is 0 Å². The van der Waals surface area contributed by atoms with Gasteiger partial charge in [0, 0.05) is 5.69 Å². The van der Waals surface area contributed by atoms with E-state index < -0.39 is 0 Å². The summed E-state index contributed by atoms with van der Waals surface area (Å²) in [4.78, 5) is 0. The molecule has 0 spiro atoms. The fraction of sp³-hybridized carbons (Fsp3) is 0.294. The first-order valence-corrected chi connectivity index (χ1v) is 6.76. The number of hydrogen-bond donors (Lipinski definition) is 1. The molecule has 20 heavy (non-hydrogen) atoms. The minimum atomic E-state index is 0.511. The van der Waals surface area contributed by atoms with Crippen LogP contribution in [0.25, 0.3) is 0 Å².